The van der Waals surface area contributed by atoms with Gasteiger partial charge in [-0.25, -0.2) is 4.98 Å². The van der Waals surface area contributed by atoms with Crippen molar-refractivity contribution < 1.29 is 19.1 Å². The number of anilines is 1. The Labute approximate surface area is 249 Å². The molecule has 1 heterocycles. The highest BCUT2D eigenvalue weighted by Crippen LogP contribution is 2.35. The maximum Gasteiger partial charge on any atom is 0.246 e. The third-order valence-corrected chi connectivity index (χ3v) is 6.83. The number of likely N-dealkylation sites (N-methyl/N-ethyl adjacent to an activating group) is 1. The molecule has 0 bridgehead atoms. The smallest absolute Gasteiger partial charge is 0.246 e. The molecule has 2 amide bonds. The third-order valence-electron chi connectivity index (χ3n) is 6.05. The Morgan fingerprint density at radius 1 is 1.02 bits per heavy atom. The molecule has 4 aromatic rings. The van der Waals surface area contributed by atoms with Gasteiger partial charge >= 0.3 is 0 Å². The average Bonchev–Trinajstić information content (AvgIpc) is 2.94. The van der Waals surface area contributed by atoms with Gasteiger partial charge in [-0.15, -0.1) is 12.4 Å². The summed E-state index contributed by atoms with van der Waals surface area (Å²) in [5, 5.41) is 4.24. The van der Waals surface area contributed by atoms with Crippen molar-refractivity contribution >= 4 is 70.1 Å². The molecule has 7 nitrogen and oxygen atoms in total. The van der Waals surface area contributed by atoms with E-state index in [4.69, 9.17) is 32.7 Å². The highest BCUT2D eigenvalue weighted by atomic mass is 35.5. The number of aryl methyl sites for hydroxylation is 1. The van der Waals surface area contributed by atoms with Gasteiger partial charge in [0, 0.05) is 34.8 Å². The maximum atomic E-state index is 12.8. The molecular weight excluding hydrogens is 573 g/mol. The van der Waals surface area contributed by atoms with Crippen LogP contribution in [0.2, 0.25) is 10.0 Å². The molecule has 4 rings (SSSR count). The first-order valence-electron chi connectivity index (χ1n) is 12.1. The molecule has 1 N–H and O–H groups in total. The molecule has 0 aliphatic carbocycles. The number of halogens is 3. The highest BCUT2D eigenvalue weighted by molar-refractivity contribution is 6.38. The number of pyridine rings is 1. The molecule has 0 saturated heterocycles. The number of nitrogens with one attached hydrogen (secondary N) is 1. The lowest BCUT2D eigenvalue weighted by Gasteiger charge is -2.21. The standard InChI is InChI=1S/C30H27Cl2N3O4.ClH/c1-19-7-11-21-5-4-6-26(30(21)34-19)39-18-23-24(31)14-15-25(29(23)32)35(2)28(37)17-33-27(36)16-10-20-8-12-22(38-3)13-9-20;/h4-16H,17-18H2,1-3H3,(H,33,36);1H. The molecule has 0 radical (unpaired) electrons. The van der Waals surface area contributed by atoms with Crippen LogP contribution in [-0.2, 0) is 16.2 Å². The Bertz CT molecular complexity index is 1540. The van der Waals surface area contributed by atoms with Gasteiger partial charge in [-0.3, -0.25) is 9.59 Å². The number of rotatable bonds is 9. The van der Waals surface area contributed by atoms with E-state index in [1.807, 2.05) is 49.4 Å². The Morgan fingerprint density at radius 3 is 2.50 bits per heavy atom. The number of amides is 2. The number of ether oxygens (including phenoxy) is 2. The van der Waals surface area contributed by atoms with E-state index < -0.39 is 5.91 Å². The van der Waals surface area contributed by atoms with Gasteiger partial charge in [0.05, 0.1) is 24.4 Å². The first-order chi connectivity index (χ1) is 18.8. The fourth-order valence-corrected chi connectivity index (χ4v) is 4.43. The van der Waals surface area contributed by atoms with Gasteiger partial charge < -0.3 is 19.7 Å². The fourth-order valence-electron chi connectivity index (χ4n) is 3.82. The van der Waals surface area contributed by atoms with Gasteiger partial charge in [-0.05, 0) is 55.0 Å². The zero-order chi connectivity index (χ0) is 27.9. The second-order valence-electron chi connectivity index (χ2n) is 8.71. The van der Waals surface area contributed by atoms with Crippen LogP contribution in [0.1, 0.15) is 16.8 Å². The van der Waals surface area contributed by atoms with Crippen molar-refractivity contribution in [3.63, 3.8) is 0 Å². The second kappa shape index (κ2) is 14.0. The summed E-state index contributed by atoms with van der Waals surface area (Å²) in [5.41, 5.74) is 3.42. The molecule has 40 heavy (non-hydrogen) atoms. The molecule has 0 saturated carbocycles. The van der Waals surface area contributed by atoms with E-state index in [-0.39, 0.29) is 36.5 Å². The third kappa shape index (κ3) is 7.45. The van der Waals surface area contributed by atoms with Crippen molar-refractivity contribution in [1.82, 2.24) is 10.3 Å². The van der Waals surface area contributed by atoms with Crippen LogP contribution < -0.4 is 19.7 Å². The summed E-state index contributed by atoms with van der Waals surface area (Å²) in [5.74, 6) is 0.568. The van der Waals surface area contributed by atoms with E-state index in [1.165, 1.54) is 11.0 Å². The number of carbonyl (C=O) groups is 2. The minimum absolute atomic E-state index is 0. The number of carbonyl (C=O) groups excluding carboxylic acids is 2. The first kappa shape index (κ1) is 30.8. The van der Waals surface area contributed by atoms with Crippen molar-refractivity contribution in [1.29, 1.82) is 0 Å². The predicted octanol–water partition coefficient (Wildman–Crippen LogP) is 6.65. The van der Waals surface area contributed by atoms with E-state index in [1.54, 1.807) is 44.5 Å². The Kier molecular flexibility index (Phi) is 10.8. The van der Waals surface area contributed by atoms with Crippen molar-refractivity contribution in [2.75, 3.05) is 25.6 Å². The Morgan fingerprint density at radius 2 is 1.77 bits per heavy atom. The number of hydrogen-bond acceptors (Lipinski definition) is 5. The van der Waals surface area contributed by atoms with Crippen LogP contribution in [0.4, 0.5) is 5.69 Å². The summed E-state index contributed by atoms with van der Waals surface area (Å²) in [6, 6.07) is 20.2. The summed E-state index contributed by atoms with van der Waals surface area (Å²) in [4.78, 5) is 31.0. The van der Waals surface area contributed by atoms with Gasteiger partial charge in [-0.2, -0.15) is 0 Å². The molecule has 10 heteroatoms. The van der Waals surface area contributed by atoms with E-state index in [0.717, 1.165) is 27.9 Å². The van der Waals surface area contributed by atoms with Gasteiger partial charge in [0.1, 0.15) is 23.6 Å². The van der Waals surface area contributed by atoms with E-state index in [0.29, 0.717) is 22.0 Å². The highest BCUT2D eigenvalue weighted by Gasteiger charge is 2.19. The van der Waals surface area contributed by atoms with Crippen molar-refractivity contribution in [3.8, 4) is 11.5 Å². The van der Waals surface area contributed by atoms with Gasteiger partial charge in [-0.1, -0.05) is 53.5 Å². The number of aromatic nitrogens is 1. The lowest BCUT2D eigenvalue weighted by molar-refractivity contribution is -0.122. The lowest BCUT2D eigenvalue weighted by atomic mass is 10.1. The van der Waals surface area contributed by atoms with Crippen LogP contribution in [0.15, 0.2) is 72.8 Å². The number of para-hydroxylation sites is 1. The number of fused-ring (bicyclic) bond motifs is 1. The van der Waals surface area contributed by atoms with E-state index in [2.05, 4.69) is 10.3 Å². The SMILES string of the molecule is COc1ccc(C=CC(=O)NCC(=O)N(C)c2ccc(Cl)c(COc3cccc4ccc(C)nc34)c2Cl)cc1.Cl. The summed E-state index contributed by atoms with van der Waals surface area (Å²) >= 11 is 13.1. The predicted molar refractivity (Wildman–Crippen MR) is 163 cm³/mol. The minimum atomic E-state index is -0.400. The fraction of sp³-hybridized carbons (Fsp3) is 0.167. The molecule has 0 unspecified atom stereocenters. The first-order valence-corrected chi connectivity index (χ1v) is 12.8. The molecule has 0 fully saturated rings. The molecule has 0 atom stereocenters. The molecule has 0 spiro atoms. The molecule has 1 aromatic heterocycles. The second-order valence-corrected chi connectivity index (χ2v) is 9.49. The molecule has 0 aliphatic heterocycles. The normalized spacial score (nSPS) is 10.7. The van der Waals surface area contributed by atoms with Crippen LogP contribution >= 0.6 is 35.6 Å². The quantitative estimate of drug-likeness (QED) is 0.218. The van der Waals surface area contributed by atoms with Crippen LogP contribution in [0.3, 0.4) is 0 Å². The Hall–Kier alpha value is -3.78. The average molecular weight is 601 g/mol. The lowest BCUT2D eigenvalue weighted by Crippen LogP contribution is -2.37. The summed E-state index contributed by atoms with van der Waals surface area (Å²) in [6.45, 7) is 1.78. The number of methoxy groups -OCH3 is 1. The van der Waals surface area contributed by atoms with Gasteiger partial charge in [0.25, 0.3) is 0 Å². The van der Waals surface area contributed by atoms with Crippen LogP contribution in [0.5, 0.6) is 11.5 Å². The van der Waals surface area contributed by atoms with Crippen molar-refractivity contribution in [2.45, 2.75) is 13.5 Å². The summed E-state index contributed by atoms with van der Waals surface area (Å²) in [6.07, 6.45) is 3.02. The largest absolute Gasteiger partial charge is 0.497 e. The molecule has 0 aliphatic rings. The number of hydrogen-bond donors (Lipinski definition) is 1. The summed E-state index contributed by atoms with van der Waals surface area (Å²) < 4.78 is 11.2. The van der Waals surface area contributed by atoms with Crippen molar-refractivity contribution in [3.05, 3.63) is 99.7 Å². The zero-order valence-electron chi connectivity index (χ0n) is 22.1. The van der Waals surface area contributed by atoms with Crippen molar-refractivity contribution in [2.24, 2.45) is 0 Å². The summed E-state index contributed by atoms with van der Waals surface area (Å²) in [7, 11) is 3.17. The van der Waals surface area contributed by atoms with Crippen LogP contribution in [0.25, 0.3) is 17.0 Å². The zero-order valence-corrected chi connectivity index (χ0v) is 24.4. The van der Waals surface area contributed by atoms with Crippen LogP contribution in [-0.4, -0.2) is 37.5 Å². The van der Waals surface area contributed by atoms with E-state index >= 15 is 0 Å². The van der Waals surface area contributed by atoms with Crippen LogP contribution in [0, 0.1) is 6.92 Å². The number of nitrogens with zero attached hydrogens (tertiary/aromatic N) is 2. The Balaban J connectivity index is 0.00000441. The monoisotopic (exact) mass is 599 g/mol. The van der Waals surface area contributed by atoms with Gasteiger partial charge in [0.15, 0.2) is 0 Å². The number of benzene rings is 3. The van der Waals surface area contributed by atoms with E-state index in [9.17, 15) is 9.59 Å². The maximum absolute atomic E-state index is 12.8. The molecule has 208 valence electrons. The van der Waals surface area contributed by atoms with Gasteiger partial charge in [0.2, 0.25) is 11.8 Å². The molecular formula is C30H28Cl3N3O4. The molecule has 3 aromatic carbocycles. The topological polar surface area (TPSA) is 80.8 Å². The minimum Gasteiger partial charge on any atom is -0.497 e.